The molecule has 3 rings (SSSR count). The van der Waals surface area contributed by atoms with Crippen molar-refractivity contribution in [3.8, 4) is 0 Å². The summed E-state index contributed by atoms with van der Waals surface area (Å²) < 4.78 is 36.7. The SMILES string of the molecule is CC(C)C(NC(=O)c1ccco1)C(=O)OCC(=O)c1ccc(S(=O)(=O)N2CCCC2)cc1. The van der Waals surface area contributed by atoms with Gasteiger partial charge in [0.2, 0.25) is 10.0 Å². The highest BCUT2D eigenvalue weighted by molar-refractivity contribution is 7.89. The van der Waals surface area contributed by atoms with Crippen molar-refractivity contribution in [1.29, 1.82) is 0 Å². The van der Waals surface area contributed by atoms with Gasteiger partial charge in [0.15, 0.2) is 18.2 Å². The Morgan fingerprint density at radius 1 is 1.09 bits per heavy atom. The lowest BCUT2D eigenvalue weighted by Crippen LogP contribution is -2.45. The zero-order chi connectivity index (χ0) is 23.3. The Hall–Kier alpha value is -2.98. The van der Waals surface area contributed by atoms with Crippen LogP contribution in [0.2, 0.25) is 0 Å². The number of ketones is 1. The monoisotopic (exact) mass is 462 g/mol. The maximum Gasteiger partial charge on any atom is 0.329 e. The predicted octanol–water partition coefficient (Wildman–Crippen LogP) is 2.24. The molecule has 32 heavy (non-hydrogen) atoms. The summed E-state index contributed by atoms with van der Waals surface area (Å²) in [6.07, 6.45) is 3.01. The average molecular weight is 463 g/mol. The molecule has 1 aromatic heterocycles. The quantitative estimate of drug-likeness (QED) is 0.448. The van der Waals surface area contributed by atoms with Gasteiger partial charge in [-0.2, -0.15) is 4.31 Å². The van der Waals surface area contributed by atoms with E-state index in [2.05, 4.69) is 5.32 Å². The van der Waals surface area contributed by atoms with Gasteiger partial charge in [-0.3, -0.25) is 9.59 Å². The highest BCUT2D eigenvalue weighted by Gasteiger charge is 2.29. The summed E-state index contributed by atoms with van der Waals surface area (Å²) in [6, 6.07) is 7.61. The van der Waals surface area contributed by atoms with Crippen molar-refractivity contribution in [2.24, 2.45) is 5.92 Å². The number of sulfonamides is 1. The number of ether oxygens (including phenoxy) is 1. The second-order valence-electron chi connectivity index (χ2n) is 7.84. The van der Waals surface area contributed by atoms with Crippen molar-refractivity contribution in [1.82, 2.24) is 9.62 Å². The van der Waals surface area contributed by atoms with Crippen LogP contribution in [0.4, 0.5) is 0 Å². The van der Waals surface area contributed by atoms with E-state index < -0.39 is 40.3 Å². The molecule has 9 nitrogen and oxygen atoms in total. The van der Waals surface area contributed by atoms with Crippen LogP contribution in [0.1, 0.15) is 47.6 Å². The lowest BCUT2D eigenvalue weighted by atomic mass is 10.0. The summed E-state index contributed by atoms with van der Waals surface area (Å²) in [5.74, 6) is -2.02. The van der Waals surface area contributed by atoms with Gasteiger partial charge >= 0.3 is 5.97 Å². The maximum absolute atomic E-state index is 12.6. The minimum atomic E-state index is -3.57. The summed E-state index contributed by atoms with van der Waals surface area (Å²) in [4.78, 5) is 37.2. The van der Waals surface area contributed by atoms with Crippen LogP contribution < -0.4 is 5.32 Å². The standard InChI is InChI=1S/C22H26N2O7S/c1-15(2)20(23-21(26)19-6-5-13-30-19)22(27)31-14-18(25)16-7-9-17(10-8-16)32(28,29)24-11-3-4-12-24/h5-10,13,15,20H,3-4,11-12,14H2,1-2H3,(H,23,26). The van der Waals surface area contributed by atoms with Crippen molar-refractivity contribution in [3.63, 3.8) is 0 Å². The highest BCUT2D eigenvalue weighted by Crippen LogP contribution is 2.21. The third-order valence-corrected chi connectivity index (χ3v) is 7.09. The number of rotatable bonds is 9. The number of furan rings is 1. The van der Waals surface area contributed by atoms with Crippen LogP contribution in [0.3, 0.4) is 0 Å². The smallest absolute Gasteiger partial charge is 0.329 e. The number of nitrogens with zero attached hydrogens (tertiary/aromatic N) is 1. The topological polar surface area (TPSA) is 123 Å². The van der Waals surface area contributed by atoms with Crippen molar-refractivity contribution >= 4 is 27.7 Å². The van der Waals surface area contributed by atoms with E-state index in [0.29, 0.717) is 13.1 Å². The normalized spacial score (nSPS) is 15.5. The van der Waals surface area contributed by atoms with E-state index in [1.807, 2.05) is 0 Å². The first kappa shape index (κ1) is 23.7. The minimum absolute atomic E-state index is 0.0588. The average Bonchev–Trinajstić information content (AvgIpc) is 3.50. The number of hydrogen-bond acceptors (Lipinski definition) is 7. The van der Waals surface area contributed by atoms with Gasteiger partial charge in [-0.15, -0.1) is 0 Å². The zero-order valence-electron chi connectivity index (χ0n) is 17.9. The third kappa shape index (κ3) is 5.43. The Morgan fingerprint density at radius 2 is 1.75 bits per heavy atom. The van der Waals surface area contributed by atoms with Crippen molar-refractivity contribution in [2.75, 3.05) is 19.7 Å². The molecule has 1 N–H and O–H groups in total. The van der Waals surface area contributed by atoms with Crippen LogP contribution in [0, 0.1) is 5.92 Å². The van der Waals surface area contributed by atoms with E-state index in [1.165, 1.54) is 40.9 Å². The first-order chi connectivity index (χ1) is 15.2. The van der Waals surface area contributed by atoms with Gasteiger partial charge in [0, 0.05) is 18.7 Å². The van der Waals surface area contributed by atoms with Crippen LogP contribution >= 0.6 is 0 Å². The number of hydrogen-bond donors (Lipinski definition) is 1. The largest absolute Gasteiger partial charge is 0.459 e. The molecule has 172 valence electrons. The number of benzene rings is 1. The van der Waals surface area contributed by atoms with Crippen LogP contribution in [0.5, 0.6) is 0 Å². The molecular formula is C22H26N2O7S. The first-order valence-electron chi connectivity index (χ1n) is 10.3. The van der Waals surface area contributed by atoms with E-state index in [1.54, 1.807) is 19.9 Å². The fraction of sp³-hybridized carbons (Fsp3) is 0.409. The Bertz CT molecular complexity index is 1050. The lowest BCUT2D eigenvalue weighted by molar-refractivity contribution is -0.145. The van der Waals surface area contributed by atoms with Gasteiger partial charge in [-0.05, 0) is 55.2 Å². The molecule has 0 saturated carbocycles. The molecule has 2 aromatic rings. The minimum Gasteiger partial charge on any atom is -0.459 e. The van der Waals surface area contributed by atoms with Gasteiger partial charge in [0.25, 0.3) is 5.91 Å². The van der Waals surface area contributed by atoms with E-state index in [0.717, 1.165) is 12.8 Å². The molecule has 1 aliphatic rings. The van der Waals surface area contributed by atoms with Gasteiger partial charge in [-0.1, -0.05) is 13.8 Å². The second kappa shape index (κ2) is 10.1. The van der Waals surface area contributed by atoms with Gasteiger partial charge in [0.1, 0.15) is 6.04 Å². The molecule has 0 aliphatic carbocycles. The van der Waals surface area contributed by atoms with Crippen molar-refractivity contribution in [2.45, 2.75) is 37.6 Å². The lowest BCUT2D eigenvalue weighted by Gasteiger charge is -2.20. The molecule has 1 aliphatic heterocycles. The molecule has 0 radical (unpaired) electrons. The Labute approximate surface area is 186 Å². The number of carbonyl (C=O) groups is 3. The van der Waals surface area contributed by atoms with Crippen LogP contribution in [0.15, 0.2) is 52.0 Å². The van der Waals surface area contributed by atoms with Crippen LogP contribution in [0.25, 0.3) is 0 Å². The summed E-state index contributed by atoms with van der Waals surface area (Å²) >= 11 is 0. The first-order valence-corrected chi connectivity index (χ1v) is 11.8. The van der Waals surface area contributed by atoms with Crippen molar-refractivity contribution < 1.29 is 32.0 Å². The Balaban J connectivity index is 1.59. The fourth-order valence-electron chi connectivity index (χ4n) is 3.32. The number of amides is 1. The highest BCUT2D eigenvalue weighted by atomic mass is 32.2. The summed E-state index contributed by atoms with van der Waals surface area (Å²) in [7, 11) is -3.57. The molecule has 0 spiro atoms. The van der Waals surface area contributed by atoms with E-state index in [4.69, 9.17) is 9.15 Å². The van der Waals surface area contributed by atoms with Gasteiger partial charge in [-0.25, -0.2) is 13.2 Å². The molecule has 1 atom stereocenters. The van der Waals surface area contributed by atoms with Gasteiger partial charge in [0.05, 0.1) is 11.2 Å². The third-order valence-electron chi connectivity index (χ3n) is 5.18. The molecule has 2 heterocycles. The molecule has 1 amide bonds. The van der Waals surface area contributed by atoms with E-state index in [-0.39, 0.29) is 22.1 Å². The molecule has 1 fully saturated rings. The number of carbonyl (C=O) groups excluding carboxylic acids is 3. The number of Topliss-reactive ketones (excluding diaryl/α,β-unsaturated/α-hetero) is 1. The van der Waals surface area contributed by atoms with Crippen molar-refractivity contribution in [3.05, 3.63) is 54.0 Å². The summed E-state index contributed by atoms with van der Waals surface area (Å²) in [6.45, 7) is 3.92. The summed E-state index contributed by atoms with van der Waals surface area (Å²) in [5.41, 5.74) is 0.221. The van der Waals surface area contributed by atoms with E-state index >= 15 is 0 Å². The fourth-order valence-corrected chi connectivity index (χ4v) is 4.84. The molecular weight excluding hydrogens is 436 g/mol. The van der Waals surface area contributed by atoms with Crippen LogP contribution in [-0.2, 0) is 19.6 Å². The number of esters is 1. The Kier molecular flexibility index (Phi) is 7.47. The second-order valence-corrected chi connectivity index (χ2v) is 9.78. The van der Waals surface area contributed by atoms with E-state index in [9.17, 15) is 22.8 Å². The molecule has 10 heteroatoms. The molecule has 1 unspecified atom stereocenters. The van der Waals surface area contributed by atoms with Gasteiger partial charge < -0.3 is 14.5 Å². The molecule has 1 saturated heterocycles. The molecule has 0 bridgehead atoms. The Morgan fingerprint density at radius 3 is 2.31 bits per heavy atom. The molecule has 1 aromatic carbocycles. The maximum atomic E-state index is 12.6. The summed E-state index contributed by atoms with van der Waals surface area (Å²) in [5, 5.41) is 2.54. The number of nitrogens with one attached hydrogen (secondary N) is 1. The predicted molar refractivity (Wildman–Crippen MR) is 115 cm³/mol. The zero-order valence-corrected chi connectivity index (χ0v) is 18.8. The van der Waals surface area contributed by atoms with Crippen LogP contribution in [-0.4, -0.2) is 56.1 Å².